The molecule has 0 radical (unpaired) electrons. The topological polar surface area (TPSA) is 12.0 Å². The first-order valence-electron chi connectivity index (χ1n) is 7.56. The van der Waals surface area contributed by atoms with Gasteiger partial charge in [0.1, 0.15) is 0 Å². The van der Waals surface area contributed by atoms with Crippen LogP contribution in [-0.2, 0) is 6.42 Å². The minimum atomic E-state index is 0.924. The van der Waals surface area contributed by atoms with Crippen LogP contribution in [0.3, 0.4) is 0 Å². The second-order valence-corrected chi connectivity index (χ2v) is 5.79. The van der Waals surface area contributed by atoms with Crippen molar-refractivity contribution in [2.75, 3.05) is 13.6 Å². The van der Waals surface area contributed by atoms with E-state index >= 15 is 0 Å². The maximum Gasteiger partial charge on any atom is 0.0170 e. The Morgan fingerprint density at radius 3 is 1.90 bits per heavy atom. The van der Waals surface area contributed by atoms with Gasteiger partial charge in [-0.3, -0.25) is 0 Å². The normalized spacial score (nSPS) is 12.2. The van der Waals surface area contributed by atoms with Crippen molar-refractivity contribution in [3.05, 3.63) is 76.4 Å². The van der Waals surface area contributed by atoms with Gasteiger partial charge in [0, 0.05) is 6.54 Å². The van der Waals surface area contributed by atoms with Crippen molar-refractivity contribution in [1.29, 1.82) is 0 Å². The highest BCUT2D eigenvalue weighted by atomic mass is 14.8. The first-order chi connectivity index (χ1) is 10.1. The smallest absolute Gasteiger partial charge is 0.0170 e. The second kappa shape index (κ2) is 7.24. The van der Waals surface area contributed by atoms with Gasteiger partial charge in [-0.25, -0.2) is 0 Å². The highest BCUT2D eigenvalue weighted by Crippen LogP contribution is 2.21. The molecule has 2 aromatic carbocycles. The van der Waals surface area contributed by atoms with E-state index in [2.05, 4.69) is 74.6 Å². The summed E-state index contributed by atoms with van der Waals surface area (Å²) in [6, 6.07) is 17.6. The van der Waals surface area contributed by atoms with E-state index < -0.39 is 0 Å². The van der Waals surface area contributed by atoms with E-state index in [9.17, 15) is 0 Å². The van der Waals surface area contributed by atoms with Crippen LogP contribution in [0.25, 0.3) is 5.57 Å². The van der Waals surface area contributed by atoms with Gasteiger partial charge in [0.2, 0.25) is 0 Å². The Morgan fingerprint density at radius 2 is 1.38 bits per heavy atom. The van der Waals surface area contributed by atoms with Crippen LogP contribution < -0.4 is 5.32 Å². The zero-order valence-electron chi connectivity index (χ0n) is 13.5. The number of hydrogen-bond donors (Lipinski definition) is 1. The molecule has 0 atom stereocenters. The van der Waals surface area contributed by atoms with Gasteiger partial charge >= 0.3 is 0 Å². The summed E-state index contributed by atoms with van der Waals surface area (Å²) in [5, 5.41) is 3.30. The molecule has 1 N–H and O–H groups in total. The minimum absolute atomic E-state index is 0.924. The summed E-state index contributed by atoms with van der Waals surface area (Å²) in [4.78, 5) is 0. The zero-order valence-corrected chi connectivity index (χ0v) is 13.5. The Balaban J connectivity index is 2.29. The van der Waals surface area contributed by atoms with E-state index in [4.69, 9.17) is 0 Å². The van der Waals surface area contributed by atoms with Gasteiger partial charge in [0.05, 0.1) is 0 Å². The van der Waals surface area contributed by atoms with Crippen molar-refractivity contribution >= 4 is 5.57 Å². The average molecular weight is 279 g/mol. The summed E-state index contributed by atoms with van der Waals surface area (Å²) in [5.41, 5.74) is 8.14. The number of hydrogen-bond acceptors (Lipinski definition) is 1. The lowest BCUT2D eigenvalue weighted by Crippen LogP contribution is -2.13. The van der Waals surface area contributed by atoms with Crippen LogP contribution in [0.1, 0.15) is 29.2 Å². The molecule has 0 aliphatic heterocycles. The largest absolute Gasteiger partial charge is 0.316 e. The quantitative estimate of drug-likeness (QED) is 0.847. The molecule has 0 spiro atoms. The van der Waals surface area contributed by atoms with Gasteiger partial charge < -0.3 is 5.32 Å². The van der Waals surface area contributed by atoms with Gasteiger partial charge in [-0.2, -0.15) is 0 Å². The summed E-state index contributed by atoms with van der Waals surface area (Å²) in [6.07, 6.45) is 1.00. The van der Waals surface area contributed by atoms with Crippen LogP contribution in [0.4, 0.5) is 0 Å². The molecular formula is C20H25N. The average Bonchev–Trinajstić information content (AvgIpc) is 2.49. The molecular weight excluding hydrogens is 254 g/mol. The Labute approximate surface area is 128 Å². The summed E-state index contributed by atoms with van der Waals surface area (Å²) < 4.78 is 0. The third-order valence-electron chi connectivity index (χ3n) is 3.94. The van der Waals surface area contributed by atoms with E-state index in [-0.39, 0.29) is 0 Å². The number of rotatable bonds is 5. The molecule has 0 saturated heterocycles. The highest BCUT2D eigenvalue weighted by Gasteiger charge is 2.06. The molecule has 21 heavy (non-hydrogen) atoms. The van der Waals surface area contributed by atoms with Crippen molar-refractivity contribution in [3.63, 3.8) is 0 Å². The van der Waals surface area contributed by atoms with Crippen LogP contribution in [0.5, 0.6) is 0 Å². The van der Waals surface area contributed by atoms with E-state index in [1.54, 1.807) is 0 Å². The van der Waals surface area contributed by atoms with Crippen LogP contribution in [0.15, 0.2) is 54.1 Å². The zero-order chi connectivity index (χ0) is 15.2. The Hall–Kier alpha value is -1.86. The molecule has 0 aliphatic carbocycles. The molecule has 110 valence electrons. The number of benzene rings is 2. The standard InChI is InChI=1S/C20H25N/c1-15-5-9-18(10-6-15)13-20(14-21-4)17(3)19-11-7-16(2)8-12-19/h5-12,21H,13-14H2,1-4H3/b20-17+. The summed E-state index contributed by atoms with van der Waals surface area (Å²) >= 11 is 0. The molecule has 2 rings (SSSR count). The van der Waals surface area contributed by atoms with Crippen molar-refractivity contribution in [2.24, 2.45) is 0 Å². The number of nitrogens with one attached hydrogen (secondary N) is 1. The molecule has 1 heteroatoms. The van der Waals surface area contributed by atoms with Crippen molar-refractivity contribution in [3.8, 4) is 0 Å². The van der Waals surface area contributed by atoms with Crippen LogP contribution in [0.2, 0.25) is 0 Å². The minimum Gasteiger partial charge on any atom is -0.316 e. The second-order valence-electron chi connectivity index (χ2n) is 5.79. The number of likely N-dealkylation sites (N-methyl/N-ethyl adjacent to an activating group) is 1. The van der Waals surface area contributed by atoms with Crippen LogP contribution in [-0.4, -0.2) is 13.6 Å². The molecule has 2 aromatic rings. The Morgan fingerprint density at radius 1 is 0.857 bits per heavy atom. The predicted molar refractivity (Wildman–Crippen MR) is 92.6 cm³/mol. The predicted octanol–water partition coefficient (Wildman–Crippen LogP) is 4.54. The molecule has 0 unspecified atom stereocenters. The lowest BCUT2D eigenvalue weighted by molar-refractivity contribution is 0.855. The number of allylic oxidation sites excluding steroid dienone is 1. The van der Waals surface area contributed by atoms with E-state index in [1.807, 2.05) is 7.05 Å². The molecule has 0 bridgehead atoms. The fourth-order valence-electron chi connectivity index (χ4n) is 2.50. The lowest BCUT2D eigenvalue weighted by Gasteiger charge is -2.13. The highest BCUT2D eigenvalue weighted by molar-refractivity contribution is 5.68. The van der Waals surface area contributed by atoms with Crippen LogP contribution >= 0.6 is 0 Å². The molecule has 0 amide bonds. The maximum absolute atomic E-state index is 3.30. The molecule has 0 heterocycles. The first kappa shape index (κ1) is 15.5. The third kappa shape index (κ3) is 4.30. The van der Waals surface area contributed by atoms with Crippen molar-refractivity contribution in [2.45, 2.75) is 27.2 Å². The molecule has 0 fully saturated rings. The van der Waals surface area contributed by atoms with E-state index in [1.165, 1.54) is 33.4 Å². The van der Waals surface area contributed by atoms with Gasteiger partial charge in [-0.05, 0) is 56.5 Å². The Bertz CT molecular complexity index is 603. The van der Waals surface area contributed by atoms with Gasteiger partial charge in [-0.1, -0.05) is 59.7 Å². The summed E-state index contributed by atoms with van der Waals surface area (Å²) in [5.74, 6) is 0. The SMILES string of the molecule is CNC/C(Cc1ccc(C)cc1)=C(\C)c1ccc(C)cc1. The summed E-state index contributed by atoms with van der Waals surface area (Å²) in [6.45, 7) is 7.41. The third-order valence-corrected chi connectivity index (χ3v) is 3.94. The van der Waals surface area contributed by atoms with E-state index in [0.717, 1.165) is 13.0 Å². The molecule has 0 aromatic heterocycles. The molecule has 0 aliphatic rings. The van der Waals surface area contributed by atoms with Gasteiger partial charge in [0.25, 0.3) is 0 Å². The van der Waals surface area contributed by atoms with Gasteiger partial charge in [-0.15, -0.1) is 0 Å². The fourth-order valence-corrected chi connectivity index (χ4v) is 2.50. The fraction of sp³-hybridized carbons (Fsp3) is 0.300. The molecule has 1 nitrogen and oxygen atoms in total. The lowest BCUT2D eigenvalue weighted by atomic mass is 9.95. The van der Waals surface area contributed by atoms with Crippen molar-refractivity contribution in [1.82, 2.24) is 5.32 Å². The Kier molecular flexibility index (Phi) is 5.35. The van der Waals surface area contributed by atoms with Crippen LogP contribution in [0, 0.1) is 13.8 Å². The molecule has 0 saturated carbocycles. The number of aryl methyl sites for hydroxylation is 2. The van der Waals surface area contributed by atoms with Gasteiger partial charge in [0.15, 0.2) is 0 Å². The summed E-state index contributed by atoms with van der Waals surface area (Å²) in [7, 11) is 2.01. The van der Waals surface area contributed by atoms with E-state index in [0.29, 0.717) is 0 Å². The maximum atomic E-state index is 3.30. The van der Waals surface area contributed by atoms with Crippen molar-refractivity contribution < 1.29 is 0 Å². The monoisotopic (exact) mass is 279 g/mol. The first-order valence-corrected chi connectivity index (χ1v) is 7.56.